The number of aliphatic hydroxyl groups is 1. The molecule has 0 aromatic heterocycles. The molecule has 6 heteroatoms. The van der Waals surface area contributed by atoms with Crippen LogP contribution in [0.4, 0.5) is 11.4 Å². The van der Waals surface area contributed by atoms with Crippen LogP contribution in [-0.2, 0) is 6.54 Å². The first-order valence-corrected chi connectivity index (χ1v) is 7.51. The highest BCUT2D eigenvalue weighted by molar-refractivity contribution is 5.56. The van der Waals surface area contributed by atoms with E-state index in [1.807, 2.05) is 0 Å². The van der Waals surface area contributed by atoms with Crippen molar-refractivity contribution in [1.29, 1.82) is 0 Å². The molecule has 1 aliphatic heterocycles. The van der Waals surface area contributed by atoms with Crippen molar-refractivity contribution in [2.75, 3.05) is 25.0 Å². The SMILES string of the molecule is CCCNc1ccc([N+](=O)[O-])cc1CN1CCCC(O)C1. The van der Waals surface area contributed by atoms with Crippen LogP contribution in [0.5, 0.6) is 0 Å². The van der Waals surface area contributed by atoms with Crippen LogP contribution in [-0.4, -0.2) is 40.7 Å². The van der Waals surface area contributed by atoms with E-state index in [1.165, 1.54) is 6.07 Å². The maximum Gasteiger partial charge on any atom is 0.269 e. The molecule has 2 rings (SSSR count). The number of rotatable bonds is 6. The second-order valence-electron chi connectivity index (χ2n) is 5.56. The summed E-state index contributed by atoms with van der Waals surface area (Å²) in [5.41, 5.74) is 1.99. The highest BCUT2D eigenvalue weighted by Crippen LogP contribution is 2.25. The number of nitro groups is 1. The number of nitrogens with zero attached hydrogens (tertiary/aromatic N) is 2. The number of anilines is 1. The number of aliphatic hydroxyl groups excluding tert-OH is 1. The first-order chi connectivity index (χ1) is 10.1. The standard InChI is InChI=1S/C15H23N3O3/c1-2-7-16-15-6-5-13(18(20)21)9-12(15)10-17-8-3-4-14(19)11-17/h5-6,9,14,16,19H,2-4,7-8,10-11H2,1H3. The predicted molar refractivity (Wildman–Crippen MR) is 82.4 cm³/mol. The van der Waals surface area contributed by atoms with E-state index in [4.69, 9.17) is 0 Å². The molecule has 1 unspecified atom stereocenters. The van der Waals surface area contributed by atoms with Gasteiger partial charge in [-0.25, -0.2) is 0 Å². The summed E-state index contributed by atoms with van der Waals surface area (Å²) in [6, 6.07) is 4.95. The smallest absolute Gasteiger partial charge is 0.269 e. The second-order valence-corrected chi connectivity index (χ2v) is 5.56. The van der Waals surface area contributed by atoms with E-state index < -0.39 is 0 Å². The lowest BCUT2D eigenvalue weighted by Crippen LogP contribution is -2.37. The minimum absolute atomic E-state index is 0.115. The van der Waals surface area contributed by atoms with Crippen molar-refractivity contribution in [3.05, 3.63) is 33.9 Å². The van der Waals surface area contributed by atoms with Crippen molar-refractivity contribution in [1.82, 2.24) is 4.90 Å². The molecule has 21 heavy (non-hydrogen) atoms. The molecule has 0 radical (unpaired) electrons. The van der Waals surface area contributed by atoms with Crippen molar-refractivity contribution in [3.8, 4) is 0 Å². The van der Waals surface area contributed by atoms with Gasteiger partial charge in [-0.3, -0.25) is 15.0 Å². The maximum absolute atomic E-state index is 11.0. The minimum atomic E-state index is -0.363. The van der Waals surface area contributed by atoms with Crippen LogP contribution in [0.25, 0.3) is 0 Å². The topological polar surface area (TPSA) is 78.6 Å². The third-order valence-electron chi connectivity index (χ3n) is 3.74. The molecule has 1 fully saturated rings. The van der Waals surface area contributed by atoms with Gasteiger partial charge in [0.2, 0.25) is 0 Å². The number of piperidine rings is 1. The summed E-state index contributed by atoms with van der Waals surface area (Å²) < 4.78 is 0. The molecule has 0 bridgehead atoms. The Hall–Kier alpha value is -1.66. The quantitative estimate of drug-likeness (QED) is 0.622. The zero-order chi connectivity index (χ0) is 15.2. The Kier molecular flexibility index (Phi) is 5.52. The third kappa shape index (κ3) is 4.41. The van der Waals surface area contributed by atoms with Crippen LogP contribution in [0, 0.1) is 10.1 Å². The summed E-state index contributed by atoms with van der Waals surface area (Å²) in [5.74, 6) is 0. The molecular formula is C15H23N3O3. The summed E-state index contributed by atoms with van der Waals surface area (Å²) in [6.45, 7) is 5.11. The van der Waals surface area contributed by atoms with Gasteiger partial charge in [0.1, 0.15) is 0 Å². The van der Waals surface area contributed by atoms with Gasteiger partial charge in [-0.05, 0) is 37.4 Å². The molecule has 6 nitrogen and oxygen atoms in total. The van der Waals surface area contributed by atoms with E-state index in [0.29, 0.717) is 13.1 Å². The van der Waals surface area contributed by atoms with E-state index in [-0.39, 0.29) is 16.7 Å². The molecule has 0 aliphatic carbocycles. The number of β-amino-alcohol motifs (C(OH)–C–C–N with tert-alkyl or cyclic N) is 1. The molecular weight excluding hydrogens is 270 g/mol. The summed E-state index contributed by atoms with van der Waals surface area (Å²) in [4.78, 5) is 12.7. The fourth-order valence-electron chi connectivity index (χ4n) is 2.67. The second kappa shape index (κ2) is 7.38. The van der Waals surface area contributed by atoms with Gasteiger partial charge in [-0.1, -0.05) is 6.92 Å². The van der Waals surface area contributed by atoms with Gasteiger partial charge in [0.25, 0.3) is 5.69 Å². The highest BCUT2D eigenvalue weighted by Gasteiger charge is 2.20. The third-order valence-corrected chi connectivity index (χ3v) is 3.74. The number of benzene rings is 1. The lowest BCUT2D eigenvalue weighted by atomic mass is 10.1. The predicted octanol–water partition coefficient (Wildman–Crippen LogP) is 2.37. The van der Waals surface area contributed by atoms with E-state index in [9.17, 15) is 15.2 Å². The summed E-state index contributed by atoms with van der Waals surface area (Å²) >= 11 is 0. The van der Waals surface area contributed by atoms with Crippen LogP contribution in [0.3, 0.4) is 0 Å². The molecule has 1 saturated heterocycles. The van der Waals surface area contributed by atoms with Gasteiger partial charge in [0, 0.05) is 37.5 Å². The Bertz CT molecular complexity index is 493. The summed E-state index contributed by atoms with van der Waals surface area (Å²) in [6.07, 6.45) is 2.52. The molecule has 0 spiro atoms. The Labute approximate surface area is 124 Å². The van der Waals surface area contributed by atoms with E-state index in [2.05, 4.69) is 17.1 Å². The number of hydrogen-bond donors (Lipinski definition) is 2. The fraction of sp³-hybridized carbons (Fsp3) is 0.600. The average Bonchev–Trinajstić information content (AvgIpc) is 2.46. The van der Waals surface area contributed by atoms with Crippen LogP contribution < -0.4 is 5.32 Å². The van der Waals surface area contributed by atoms with Crippen LogP contribution in [0.2, 0.25) is 0 Å². The lowest BCUT2D eigenvalue weighted by Gasteiger charge is -2.30. The first kappa shape index (κ1) is 15.7. The van der Waals surface area contributed by atoms with Crippen molar-refractivity contribution in [2.24, 2.45) is 0 Å². The van der Waals surface area contributed by atoms with Gasteiger partial charge >= 0.3 is 0 Å². The van der Waals surface area contributed by atoms with Gasteiger partial charge in [-0.15, -0.1) is 0 Å². The lowest BCUT2D eigenvalue weighted by molar-refractivity contribution is -0.384. The van der Waals surface area contributed by atoms with Crippen molar-refractivity contribution in [3.63, 3.8) is 0 Å². The largest absolute Gasteiger partial charge is 0.392 e. The van der Waals surface area contributed by atoms with Crippen LogP contribution in [0.1, 0.15) is 31.7 Å². The molecule has 1 aromatic carbocycles. The maximum atomic E-state index is 11.0. The van der Waals surface area contributed by atoms with Crippen LogP contribution in [0.15, 0.2) is 18.2 Å². The van der Waals surface area contributed by atoms with Crippen molar-refractivity contribution in [2.45, 2.75) is 38.8 Å². The van der Waals surface area contributed by atoms with Gasteiger partial charge in [0.05, 0.1) is 11.0 Å². The van der Waals surface area contributed by atoms with E-state index in [1.54, 1.807) is 12.1 Å². The molecule has 2 N–H and O–H groups in total. The molecule has 0 amide bonds. The molecule has 0 saturated carbocycles. The number of likely N-dealkylation sites (tertiary alicyclic amines) is 1. The minimum Gasteiger partial charge on any atom is -0.392 e. The number of nitro benzene ring substituents is 1. The fourth-order valence-corrected chi connectivity index (χ4v) is 2.67. The molecule has 1 heterocycles. The Morgan fingerprint density at radius 3 is 3.00 bits per heavy atom. The number of hydrogen-bond acceptors (Lipinski definition) is 5. The van der Waals surface area contributed by atoms with Gasteiger partial charge < -0.3 is 10.4 Å². The zero-order valence-electron chi connectivity index (χ0n) is 12.4. The first-order valence-electron chi connectivity index (χ1n) is 7.51. The zero-order valence-corrected chi connectivity index (χ0v) is 12.4. The van der Waals surface area contributed by atoms with Crippen molar-refractivity contribution < 1.29 is 10.0 Å². The van der Waals surface area contributed by atoms with Crippen LogP contribution >= 0.6 is 0 Å². The highest BCUT2D eigenvalue weighted by atomic mass is 16.6. The Morgan fingerprint density at radius 1 is 1.52 bits per heavy atom. The number of non-ortho nitro benzene ring substituents is 1. The monoisotopic (exact) mass is 293 g/mol. The molecule has 116 valence electrons. The molecule has 1 atom stereocenters. The average molecular weight is 293 g/mol. The van der Waals surface area contributed by atoms with E-state index in [0.717, 1.165) is 43.6 Å². The van der Waals surface area contributed by atoms with Gasteiger partial charge in [-0.2, -0.15) is 0 Å². The molecule has 1 aromatic rings. The number of nitrogens with one attached hydrogen (secondary N) is 1. The Balaban J connectivity index is 2.16. The normalized spacial score (nSPS) is 19.4. The Morgan fingerprint density at radius 2 is 2.33 bits per heavy atom. The summed E-state index contributed by atoms with van der Waals surface area (Å²) in [7, 11) is 0. The van der Waals surface area contributed by atoms with Gasteiger partial charge in [0.15, 0.2) is 0 Å². The van der Waals surface area contributed by atoms with E-state index >= 15 is 0 Å². The van der Waals surface area contributed by atoms with Crippen molar-refractivity contribution >= 4 is 11.4 Å². The molecule has 1 aliphatic rings. The summed E-state index contributed by atoms with van der Waals surface area (Å²) in [5, 5.41) is 24.0.